The average Bonchev–Trinajstić information content (AvgIpc) is 3.36. The van der Waals surface area contributed by atoms with Crippen molar-refractivity contribution in [1.82, 2.24) is 10.1 Å². The van der Waals surface area contributed by atoms with Crippen molar-refractivity contribution < 1.29 is 31.0 Å². The van der Waals surface area contributed by atoms with Crippen LogP contribution >= 0.6 is 0 Å². The van der Waals surface area contributed by atoms with Crippen LogP contribution in [0.15, 0.2) is 27.6 Å². The van der Waals surface area contributed by atoms with E-state index in [9.17, 15) is 31.7 Å². The standard InChI is InChI=1S/C16H17F3N4O5S/c1-8(2)13(15-21-14(22-28-15)9-3-4-9)20-11-6-5-10(7-12(11)23(24)25)29(26,27)16(17,18)19/h5-9,13,20H,3-4H2,1-2H3. The number of anilines is 1. The number of nitrogens with one attached hydrogen (secondary N) is 1. The molecule has 0 spiro atoms. The van der Waals surface area contributed by atoms with Crippen LogP contribution in [0.3, 0.4) is 0 Å². The van der Waals surface area contributed by atoms with E-state index in [0.29, 0.717) is 18.0 Å². The molecule has 0 bridgehead atoms. The lowest BCUT2D eigenvalue weighted by atomic mass is 10.0. The summed E-state index contributed by atoms with van der Waals surface area (Å²) in [6, 6.07) is 1.30. The number of benzene rings is 1. The molecule has 1 fully saturated rings. The topological polar surface area (TPSA) is 128 Å². The van der Waals surface area contributed by atoms with Gasteiger partial charge in [-0.1, -0.05) is 19.0 Å². The zero-order valence-electron chi connectivity index (χ0n) is 15.3. The van der Waals surface area contributed by atoms with Crippen molar-refractivity contribution >= 4 is 21.2 Å². The number of sulfone groups is 1. The normalized spacial score (nSPS) is 16.1. The molecule has 1 N–H and O–H groups in total. The Hall–Kier alpha value is -2.70. The number of nitro benzene ring substituents is 1. The fraction of sp³-hybridized carbons (Fsp3) is 0.500. The lowest BCUT2D eigenvalue weighted by Gasteiger charge is -2.20. The van der Waals surface area contributed by atoms with Crippen LogP contribution in [-0.4, -0.2) is 29.0 Å². The maximum Gasteiger partial charge on any atom is 0.501 e. The van der Waals surface area contributed by atoms with Crippen molar-refractivity contribution in [2.45, 2.75) is 49.1 Å². The van der Waals surface area contributed by atoms with E-state index in [1.165, 1.54) is 0 Å². The Morgan fingerprint density at radius 1 is 1.31 bits per heavy atom. The van der Waals surface area contributed by atoms with Gasteiger partial charge in [0, 0.05) is 12.0 Å². The van der Waals surface area contributed by atoms with Crippen LogP contribution < -0.4 is 5.32 Å². The van der Waals surface area contributed by atoms with Crippen LogP contribution in [0.1, 0.15) is 50.4 Å². The molecule has 3 rings (SSSR count). The van der Waals surface area contributed by atoms with Gasteiger partial charge < -0.3 is 9.84 Å². The van der Waals surface area contributed by atoms with Crippen LogP contribution in [0, 0.1) is 16.0 Å². The molecule has 1 aliphatic rings. The molecule has 0 amide bonds. The Morgan fingerprint density at radius 2 is 1.97 bits per heavy atom. The van der Waals surface area contributed by atoms with Gasteiger partial charge in [0.15, 0.2) is 5.82 Å². The second-order valence-corrected chi connectivity index (χ2v) is 8.96. The first-order valence-corrected chi connectivity index (χ1v) is 10.1. The number of hydrogen-bond donors (Lipinski definition) is 1. The molecule has 9 nitrogen and oxygen atoms in total. The molecule has 0 radical (unpaired) electrons. The molecule has 2 aromatic rings. The summed E-state index contributed by atoms with van der Waals surface area (Å²) < 4.78 is 66.7. The number of alkyl halides is 3. The molecule has 1 saturated carbocycles. The van der Waals surface area contributed by atoms with Crippen molar-refractivity contribution in [3.8, 4) is 0 Å². The second kappa shape index (κ2) is 7.28. The smallest absolute Gasteiger partial charge is 0.368 e. The van der Waals surface area contributed by atoms with Crippen molar-refractivity contribution in [3.05, 3.63) is 40.0 Å². The third-order valence-corrected chi connectivity index (χ3v) is 5.91. The number of aromatic nitrogens is 2. The molecule has 158 valence electrons. The van der Waals surface area contributed by atoms with E-state index in [-0.39, 0.29) is 23.4 Å². The number of nitro groups is 1. The van der Waals surface area contributed by atoms with Gasteiger partial charge in [-0.25, -0.2) is 8.42 Å². The third-order valence-electron chi connectivity index (χ3n) is 4.42. The minimum absolute atomic E-state index is 0.166. The van der Waals surface area contributed by atoms with E-state index in [1.807, 2.05) is 0 Å². The quantitative estimate of drug-likeness (QED) is 0.512. The van der Waals surface area contributed by atoms with Crippen LogP contribution in [0.2, 0.25) is 0 Å². The van der Waals surface area contributed by atoms with Crippen molar-refractivity contribution in [3.63, 3.8) is 0 Å². The van der Waals surface area contributed by atoms with E-state index >= 15 is 0 Å². The van der Waals surface area contributed by atoms with E-state index in [2.05, 4.69) is 15.5 Å². The predicted molar refractivity (Wildman–Crippen MR) is 93.8 cm³/mol. The summed E-state index contributed by atoms with van der Waals surface area (Å²) in [6.45, 7) is 3.57. The first kappa shape index (κ1) is 21.0. The molecule has 1 unspecified atom stereocenters. The molecular formula is C16H17F3N4O5S. The minimum Gasteiger partial charge on any atom is -0.368 e. The highest BCUT2D eigenvalue weighted by Gasteiger charge is 2.47. The highest BCUT2D eigenvalue weighted by Crippen LogP contribution is 2.40. The Bertz CT molecular complexity index is 1030. The lowest BCUT2D eigenvalue weighted by molar-refractivity contribution is -0.384. The highest BCUT2D eigenvalue weighted by atomic mass is 32.2. The second-order valence-electron chi connectivity index (χ2n) is 7.02. The van der Waals surface area contributed by atoms with Crippen molar-refractivity contribution in [2.75, 3.05) is 5.32 Å². The van der Waals surface area contributed by atoms with Crippen LogP contribution in [0.5, 0.6) is 0 Å². The lowest BCUT2D eigenvalue weighted by Crippen LogP contribution is -2.23. The summed E-state index contributed by atoms with van der Waals surface area (Å²) in [6.07, 6.45) is 1.89. The minimum atomic E-state index is -5.72. The first-order chi connectivity index (χ1) is 13.4. The summed E-state index contributed by atoms with van der Waals surface area (Å²) in [5, 5.41) is 18.1. The van der Waals surface area contributed by atoms with E-state index in [0.717, 1.165) is 18.9 Å². The molecular weight excluding hydrogens is 417 g/mol. The first-order valence-electron chi connectivity index (χ1n) is 8.61. The van der Waals surface area contributed by atoms with Gasteiger partial charge in [-0.3, -0.25) is 10.1 Å². The van der Waals surface area contributed by atoms with Crippen molar-refractivity contribution in [2.24, 2.45) is 5.92 Å². The van der Waals surface area contributed by atoms with E-state index in [4.69, 9.17) is 4.52 Å². The number of hydrogen-bond acceptors (Lipinski definition) is 8. The number of nitrogens with zero attached hydrogens (tertiary/aromatic N) is 3. The van der Waals surface area contributed by atoms with Crippen LogP contribution in [0.4, 0.5) is 24.5 Å². The van der Waals surface area contributed by atoms with Gasteiger partial charge in [-0.2, -0.15) is 18.2 Å². The molecule has 1 aromatic carbocycles. The molecule has 1 atom stereocenters. The van der Waals surface area contributed by atoms with Gasteiger partial charge in [-0.05, 0) is 30.9 Å². The predicted octanol–water partition coefficient (Wildman–Crippen LogP) is 3.96. The Morgan fingerprint density at radius 3 is 2.48 bits per heavy atom. The van der Waals surface area contributed by atoms with Gasteiger partial charge in [0.25, 0.3) is 15.5 Å². The Labute approximate surface area is 163 Å². The SMILES string of the molecule is CC(C)C(Nc1ccc(S(=O)(=O)C(F)(F)F)cc1[N+](=O)[O-])c1nc(C2CC2)no1. The van der Waals surface area contributed by atoms with Gasteiger partial charge in [-0.15, -0.1) is 0 Å². The Balaban J connectivity index is 1.96. The van der Waals surface area contributed by atoms with Gasteiger partial charge in [0.1, 0.15) is 11.7 Å². The van der Waals surface area contributed by atoms with E-state index in [1.54, 1.807) is 13.8 Å². The van der Waals surface area contributed by atoms with Crippen LogP contribution in [-0.2, 0) is 9.84 Å². The highest BCUT2D eigenvalue weighted by molar-refractivity contribution is 7.92. The molecule has 1 heterocycles. The van der Waals surface area contributed by atoms with E-state index < -0.39 is 36.9 Å². The zero-order valence-corrected chi connectivity index (χ0v) is 16.1. The maximum absolute atomic E-state index is 12.8. The van der Waals surface area contributed by atoms with Gasteiger partial charge in [0.05, 0.1) is 9.82 Å². The van der Waals surface area contributed by atoms with Crippen LogP contribution in [0.25, 0.3) is 0 Å². The average molecular weight is 434 g/mol. The summed E-state index contributed by atoms with van der Waals surface area (Å²) in [5.41, 5.74) is -6.55. The fourth-order valence-electron chi connectivity index (χ4n) is 2.65. The largest absolute Gasteiger partial charge is 0.501 e. The molecule has 29 heavy (non-hydrogen) atoms. The molecule has 0 aliphatic heterocycles. The number of halogens is 3. The molecule has 13 heteroatoms. The molecule has 1 aromatic heterocycles. The van der Waals surface area contributed by atoms with Crippen molar-refractivity contribution in [1.29, 1.82) is 0 Å². The summed E-state index contributed by atoms with van der Waals surface area (Å²) in [4.78, 5) is 13.5. The molecule has 0 saturated heterocycles. The Kier molecular flexibility index (Phi) is 5.28. The summed E-state index contributed by atoms with van der Waals surface area (Å²) >= 11 is 0. The van der Waals surface area contributed by atoms with Gasteiger partial charge >= 0.3 is 5.51 Å². The number of rotatable bonds is 7. The zero-order chi connectivity index (χ0) is 21.6. The van der Waals surface area contributed by atoms with Gasteiger partial charge in [0.2, 0.25) is 5.89 Å². The fourth-order valence-corrected chi connectivity index (χ4v) is 3.43. The summed E-state index contributed by atoms with van der Waals surface area (Å²) in [5.74, 6) is 0.763. The summed E-state index contributed by atoms with van der Waals surface area (Å²) in [7, 11) is -5.72. The monoisotopic (exact) mass is 434 g/mol. The molecule has 1 aliphatic carbocycles. The third kappa shape index (κ3) is 4.18. The maximum atomic E-state index is 12.8.